The van der Waals surface area contributed by atoms with Crippen LogP contribution in [0.3, 0.4) is 0 Å². The number of esters is 1. The van der Waals surface area contributed by atoms with Crippen molar-refractivity contribution in [1.82, 2.24) is 9.55 Å². The number of hydrogen-bond donors (Lipinski definition) is 0. The molecule has 2 fully saturated rings. The molecular formula is C21H30N2O4. The number of carbonyl (C=O) groups excluding carboxylic acids is 2. The molecule has 5 atom stereocenters. The second kappa shape index (κ2) is 7.70. The van der Waals surface area contributed by atoms with E-state index in [1.54, 1.807) is 0 Å². The number of hydrogen-bond acceptors (Lipinski definition) is 5. The van der Waals surface area contributed by atoms with Crippen molar-refractivity contribution in [2.75, 3.05) is 27.2 Å². The van der Waals surface area contributed by atoms with Crippen LogP contribution in [0.25, 0.3) is 0 Å². The van der Waals surface area contributed by atoms with Gasteiger partial charge in [0.2, 0.25) is 5.78 Å². The number of methoxy groups -OCH3 is 1. The average Bonchev–Trinajstić information content (AvgIpc) is 2.90. The number of aryl methyl sites for hydroxylation is 1. The fourth-order valence-electron chi connectivity index (χ4n) is 5.06. The maximum atomic E-state index is 13.7. The van der Waals surface area contributed by atoms with E-state index < -0.39 is 22.3 Å². The van der Waals surface area contributed by atoms with Crippen LogP contribution in [0.2, 0.25) is 0 Å². The summed E-state index contributed by atoms with van der Waals surface area (Å²) in [5, 5.41) is 13.7. The number of ether oxygens (including phenoxy) is 1. The number of quaternary nitrogens is 1. The van der Waals surface area contributed by atoms with E-state index in [4.69, 9.17) is 4.74 Å². The van der Waals surface area contributed by atoms with Crippen molar-refractivity contribution in [2.24, 2.45) is 11.8 Å². The van der Waals surface area contributed by atoms with E-state index in [1.165, 1.54) is 7.11 Å². The summed E-state index contributed by atoms with van der Waals surface area (Å²) in [7, 11) is 3.27. The van der Waals surface area contributed by atoms with Crippen LogP contribution in [0.4, 0.5) is 5.69 Å². The Balaban J connectivity index is 1.92. The van der Waals surface area contributed by atoms with E-state index in [-0.39, 0.29) is 12.0 Å². The zero-order valence-electron chi connectivity index (χ0n) is 16.7. The Bertz CT molecular complexity index is 722. The Morgan fingerprint density at radius 2 is 2.07 bits per heavy atom. The lowest BCUT2D eigenvalue weighted by Crippen LogP contribution is -2.57. The van der Waals surface area contributed by atoms with Gasteiger partial charge in [0.15, 0.2) is 0 Å². The van der Waals surface area contributed by atoms with Gasteiger partial charge in [0.1, 0.15) is 5.69 Å². The summed E-state index contributed by atoms with van der Waals surface area (Å²) < 4.78 is 4.25. The molecule has 1 aromatic rings. The predicted molar refractivity (Wildman–Crippen MR) is 105 cm³/mol. The molecule has 1 aromatic carbocycles. The molecule has 6 nitrogen and oxygen atoms in total. The third kappa shape index (κ3) is 3.66. The number of hydroxylamine groups is 2. The van der Waals surface area contributed by atoms with E-state index in [2.05, 4.69) is 4.90 Å². The van der Waals surface area contributed by atoms with Crippen molar-refractivity contribution in [2.45, 2.75) is 45.2 Å². The normalized spacial score (nSPS) is 30.0. The minimum Gasteiger partial charge on any atom is -0.627 e. The molecule has 2 bridgehead atoms. The molecule has 4 unspecified atom stereocenters. The molecule has 148 valence electrons. The Labute approximate surface area is 161 Å². The highest BCUT2D eigenvalue weighted by atomic mass is 16.5. The van der Waals surface area contributed by atoms with Crippen LogP contribution in [-0.4, -0.2) is 56.0 Å². The van der Waals surface area contributed by atoms with Gasteiger partial charge in [-0.05, 0) is 51.8 Å². The number of nitrogens with zero attached hydrogens (tertiary/aromatic N) is 2. The Kier molecular flexibility index (Phi) is 5.70. The summed E-state index contributed by atoms with van der Waals surface area (Å²) in [4.78, 5) is 27.1. The predicted octanol–water partition coefficient (Wildman–Crippen LogP) is 2.66. The van der Waals surface area contributed by atoms with Crippen molar-refractivity contribution in [3.8, 4) is 0 Å². The molecule has 2 aliphatic rings. The van der Waals surface area contributed by atoms with Crippen molar-refractivity contribution < 1.29 is 14.3 Å². The number of ketones is 1. The van der Waals surface area contributed by atoms with Crippen LogP contribution < -0.4 is 4.65 Å². The molecule has 0 aliphatic carbocycles. The maximum absolute atomic E-state index is 13.7. The molecule has 27 heavy (non-hydrogen) atoms. The standard InChI is InChI=1S/C21H30N2O4/c1-5-23(26,17-8-6-7-14(2)11-17)13-15-12-16-9-10-18(22(16)3)19(15)20(24)21(25)27-4/h6-8,11,15-16,18-19H,5,9-10,12-13H2,1-4H3/t15?,16?,18?,19-,23?/m0/s1. The molecule has 2 heterocycles. The molecule has 0 saturated carbocycles. The summed E-state index contributed by atoms with van der Waals surface area (Å²) in [5.74, 6) is -1.86. The summed E-state index contributed by atoms with van der Waals surface area (Å²) >= 11 is 0. The second-order valence-corrected chi connectivity index (χ2v) is 8.07. The highest BCUT2D eigenvalue weighted by Gasteiger charge is 2.51. The van der Waals surface area contributed by atoms with Gasteiger partial charge in [-0.3, -0.25) is 9.69 Å². The Hall–Kier alpha value is -1.76. The summed E-state index contributed by atoms with van der Waals surface area (Å²) in [5.41, 5.74) is 1.76. The van der Waals surface area contributed by atoms with Crippen molar-refractivity contribution in [3.63, 3.8) is 0 Å². The largest absolute Gasteiger partial charge is 0.627 e. The van der Waals surface area contributed by atoms with Gasteiger partial charge in [-0.15, -0.1) is 0 Å². The van der Waals surface area contributed by atoms with Crippen LogP contribution in [0.5, 0.6) is 0 Å². The van der Waals surface area contributed by atoms with Crippen LogP contribution in [0.1, 0.15) is 31.7 Å². The van der Waals surface area contributed by atoms with Crippen LogP contribution >= 0.6 is 0 Å². The summed E-state index contributed by atoms with van der Waals surface area (Å²) in [6, 6.07) is 8.07. The van der Waals surface area contributed by atoms with Crippen molar-refractivity contribution >= 4 is 17.4 Å². The first-order chi connectivity index (χ1) is 12.8. The minimum absolute atomic E-state index is 0.0168. The Morgan fingerprint density at radius 1 is 1.33 bits per heavy atom. The molecule has 3 rings (SSSR count). The van der Waals surface area contributed by atoms with Crippen LogP contribution in [-0.2, 0) is 14.3 Å². The first-order valence-electron chi connectivity index (χ1n) is 9.80. The molecule has 2 aliphatic heterocycles. The monoisotopic (exact) mass is 374 g/mol. The summed E-state index contributed by atoms with van der Waals surface area (Å²) in [6.07, 6.45) is 2.67. The highest BCUT2D eigenvalue weighted by Crippen LogP contribution is 2.43. The van der Waals surface area contributed by atoms with Crippen LogP contribution in [0, 0.1) is 24.0 Å². The highest BCUT2D eigenvalue weighted by molar-refractivity contribution is 6.34. The number of benzene rings is 1. The van der Waals surface area contributed by atoms with Gasteiger partial charge in [-0.25, -0.2) is 4.79 Å². The number of piperidine rings is 1. The lowest BCUT2D eigenvalue weighted by Gasteiger charge is -2.48. The van der Waals surface area contributed by atoms with E-state index >= 15 is 0 Å². The molecule has 0 radical (unpaired) electrons. The molecule has 0 N–H and O–H groups in total. The van der Waals surface area contributed by atoms with Gasteiger partial charge in [-0.2, -0.15) is 0 Å². The molecule has 6 heteroatoms. The summed E-state index contributed by atoms with van der Waals surface area (Å²) in [6.45, 7) is 4.57. The first kappa shape index (κ1) is 20.0. The third-order valence-corrected chi connectivity index (χ3v) is 6.59. The quantitative estimate of drug-likeness (QED) is 0.331. The number of fused-ring (bicyclic) bond motifs is 2. The van der Waals surface area contributed by atoms with E-state index in [0.717, 1.165) is 24.8 Å². The smallest absolute Gasteiger partial charge is 0.374 e. The fraction of sp³-hybridized carbons (Fsp3) is 0.619. The van der Waals surface area contributed by atoms with Gasteiger partial charge >= 0.3 is 5.97 Å². The Morgan fingerprint density at radius 3 is 2.70 bits per heavy atom. The van der Waals surface area contributed by atoms with E-state index in [9.17, 15) is 14.8 Å². The van der Waals surface area contributed by atoms with Gasteiger partial charge in [0.05, 0.1) is 26.1 Å². The third-order valence-electron chi connectivity index (χ3n) is 6.59. The van der Waals surface area contributed by atoms with Crippen molar-refractivity contribution in [3.05, 3.63) is 35.0 Å². The molecule has 2 saturated heterocycles. The lowest BCUT2D eigenvalue weighted by atomic mass is 9.77. The average molecular weight is 374 g/mol. The SMILES string of the molecule is CC[N+]([O-])(CC1CC2CCC([C@H]1C(=O)C(=O)OC)N2C)c1cccc(C)c1. The van der Waals surface area contributed by atoms with E-state index in [0.29, 0.717) is 24.8 Å². The van der Waals surface area contributed by atoms with Crippen molar-refractivity contribution in [1.29, 1.82) is 0 Å². The number of rotatable bonds is 6. The van der Waals surface area contributed by atoms with Crippen LogP contribution in [0.15, 0.2) is 24.3 Å². The lowest BCUT2D eigenvalue weighted by molar-refractivity contribution is -0.156. The van der Waals surface area contributed by atoms with Gasteiger partial charge in [-0.1, -0.05) is 12.1 Å². The molecule has 0 spiro atoms. The first-order valence-corrected chi connectivity index (χ1v) is 9.80. The molecule has 0 amide bonds. The van der Waals surface area contributed by atoms with Gasteiger partial charge < -0.3 is 14.6 Å². The number of Topliss-reactive ketones (excluding diaryl/α,β-unsaturated/α-hetero) is 1. The topological polar surface area (TPSA) is 69.7 Å². The molecule has 0 aromatic heterocycles. The second-order valence-electron chi connectivity index (χ2n) is 8.07. The number of carbonyl (C=O) groups is 2. The van der Waals surface area contributed by atoms with Gasteiger partial charge in [0, 0.05) is 24.1 Å². The van der Waals surface area contributed by atoms with Gasteiger partial charge in [0.25, 0.3) is 0 Å². The van der Waals surface area contributed by atoms with E-state index in [1.807, 2.05) is 45.2 Å². The minimum atomic E-state index is -0.792. The maximum Gasteiger partial charge on any atom is 0.374 e. The zero-order chi connectivity index (χ0) is 19.8. The fourth-order valence-corrected chi connectivity index (χ4v) is 5.06. The molecular weight excluding hydrogens is 344 g/mol. The zero-order valence-corrected chi connectivity index (χ0v) is 16.7.